The molecule has 0 aliphatic heterocycles. The van der Waals surface area contributed by atoms with Crippen molar-refractivity contribution in [3.63, 3.8) is 0 Å². The predicted molar refractivity (Wildman–Crippen MR) is 132 cm³/mol. The summed E-state index contributed by atoms with van der Waals surface area (Å²) in [5, 5.41) is 0. The van der Waals surface area contributed by atoms with Gasteiger partial charge in [-0.3, -0.25) is 0 Å². The topological polar surface area (TPSA) is 112 Å². The predicted octanol–water partition coefficient (Wildman–Crippen LogP) is 4.21. The zero-order valence-electron chi connectivity index (χ0n) is 21.8. The van der Waals surface area contributed by atoms with Gasteiger partial charge in [-0.1, -0.05) is 12.8 Å². The van der Waals surface area contributed by atoms with Crippen LogP contribution in [0.5, 0.6) is 0 Å². The number of carbonyl (C=O) groups is 4. The standard InChI is InChI=1S/C26H42N2O8/c1-27(25(31)35-21-11-5-3-6-12-21)17-9-19-33-23(29)15-16-24(30)34-20-10-18-28(2)26(32)36-22-13-7-4-8-14-22/h15-16,21-22H,3-14,17-20H2,1-2H3/b16-15+. The van der Waals surface area contributed by atoms with Gasteiger partial charge in [0.1, 0.15) is 12.2 Å². The maximum Gasteiger partial charge on any atom is 0.409 e. The van der Waals surface area contributed by atoms with Crippen molar-refractivity contribution in [2.75, 3.05) is 40.4 Å². The van der Waals surface area contributed by atoms with Crippen LogP contribution in [0.4, 0.5) is 9.59 Å². The van der Waals surface area contributed by atoms with E-state index >= 15 is 0 Å². The van der Waals surface area contributed by atoms with Crippen LogP contribution < -0.4 is 0 Å². The summed E-state index contributed by atoms with van der Waals surface area (Å²) in [7, 11) is 3.31. The summed E-state index contributed by atoms with van der Waals surface area (Å²) in [6.45, 7) is 1.02. The molecule has 0 bridgehead atoms. The fourth-order valence-electron chi connectivity index (χ4n) is 4.19. The molecule has 0 aromatic carbocycles. The Balaban J connectivity index is 1.49. The van der Waals surface area contributed by atoms with Crippen LogP contribution in [0, 0.1) is 0 Å². The van der Waals surface area contributed by atoms with E-state index in [2.05, 4.69) is 0 Å². The van der Waals surface area contributed by atoms with Gasteiger partial charge in [0.25, 0.3) is 0 Å². The van der Waals surface area contributed by atoms with E-state index in [0.29, 0.717) is 25.9 Å². The van der Waals surface area contributed by atoms with Gasteiger partial charge in [0.15, 0.2) is 0 Å². The van der Waals surface area contributed by atoms with Crippen molar-refractivity contribution >= 4 is 24.1 Å². The summed E-state index contributed by atoms with van der Waals surface area (Å²) < 4.78 is 21.1. The lowest BCUT2D eigenvalue weighted by Gasteiger charge is -2.25. The van der Waals surface area contributed by atoms with Gasteiger partial charge in [0.05, 0.1) is 13.2 Å². The van der Waals surface area contributed by atoms with Crippen LogP contribution in [0.2, 0.25) is 0 Å². The lowest BCUT2D eigenvalue weighted by Crippen LogP contribution is -2.33. The van der Waals surface area contributed by atoms with Crippen LogP contribution in [-0.2, 0) is 28.5 Å². The van der Waals surface area contributed by atoms with E-state index < -0.39 is 11.9 Å². The zero-order valence-corrected chi connectivity index (χ0v) is 21.8. The second-order valence-electron chi connectivity index (χ2n) is 9.51. The molecule has 0 aromatic rings. The van der Waals surface area contributed by atoms with Gasteiger partial charge in [0.2, 0.25) is 0 Å². The first-order chi connectivity index (χ1) is 17.3. The fourth-order valence-corrected chi connectivity index (χ4v) is 4.19. The Bertz CT molecular complexity index is 669. The number of rotatable bonds is 12. The molecule has 2 aliphatic rings. The third-order valence-electron chi connectivity index (χ3n) is 6.38. The Morgan fingerprint density at radius 1 is 0.639 bits per heavy atom. The van der Waals surface area contributed by atoms with E-state index in [-0.39, 0.29) is 37.6 Å². The molecular weight excluding hydrogens is 468 g/mol. The maximum absolute atomic E-state index is 12.1. The smallest absolute Gasteiger partial charge is 0.409 e. The highest BCUT2D eigenvalue weighted by molar-refractivity contribution is 5.91. The molecule has 10 nitrogen and oxygen atoms in total. The van der Waals surface area contributed by atoms with E-state index in [0.717, 1.165) is 63.5 Å². The summed E-state index contributed by atoms with van der Waals surface area (Å²) in [6.07, 6.45) is 12.6. The van der Waals surface area contributed by atoms with Crippen molar-refractivity contribution in [2.45, 2.75) is 89.3 Å². The molecule has 0 heterocycles. The first kappa shape index (κ1) is 29.5. The van der Waals surface area contributed by atoms with Gasteiger partial charge < -0.3 is 28.7 Å². The monoisotopic (exact) mass is 510 g/mol. The minimum Gasteiger partial charge on any atom is -0.462 e. The third kappa shape index (κ3) is 12.3. The van der Waals surface area contributed by atoms with E-state index in [4.69, 9.17) is 18.9 Å². The van der Waals surface area contributed by atoms with Crippen molar-refractivity contribution in [3.8, 4) is 0 Å². The molecule has 0 N–H and O–H groups in total. The highest BCUT2D eigenvalue weighted by Crippen LogP contribution is 2.21. The summed E-state index contributed by atoms with van der Waals surface area (Å²) >= 11 is 0. The minimum absolute atomic E-state index is 0.0000727. The lowest BCUT2D eigenvalue weighted by molar-refractivity contribution is -0.140. The number of amides is 2. The number of hydrogen-bond acceptors (Lipinski definition) is 8. The average molecular weight is 511 g/mol. The van der Waals surface area contributed by atoms with Crippen LogP contribution in [0.15, 0.2) is 12.2 Å². The molecule has 10 heteroatoms. The summed E-state index contributed by atoms with van der Waals surface area (Å²) in [6, 6.07) is 0. The molecule has 0 unspecified atom stereocenters. The molecule has 0 radical (unpaired) electrons. The molecule has 2 amide bonds. The molecule has 2 aliphatic carbocycles. The maximum atomic E-state index is 12.1. The Kier molecular flexibility index (Phi) is 13.8. The average Bonchev–Trinajstić information content (AvgIpc) is 2.88. The number of ether oxygens (including phenoxy) is 4. The summed E-state index contributed by atoms with van der Waals surface area (Å²) in [5.74, 6) is -1.32. The normalized spacial score (nSPS) is 16.8. The Morgan fingerprint density at radius 3 is 1.36 bits per heavy atom. The van der Waals surface area contributed by atoms with Crippen molar-refractivity contribution in [2.24, 2.45) is 0 Å². The SMILES string of the molecule is CN(CCCOC(=O)/C=C/C(=O)OCCCN(C)C(=O)OC1CCCCC1)C(=O)OC1CCCCC1. The van der Waals surface area contributed by atoms with Crippen LogP contribution >= 0.6 is 0 Å². The van der Waals surface area contributed by atoms with Crippen molar-refractivity contribution in [3.05, 3.63) is 12.2 Å². The molecule has 0 atom stereocenters. The van der Waals surface area contributed by atoms with E-state index in [1.54, 1.807) is 14.1 Å². The zero-order chi connectivity index (χ0) is 26.2. The Hall–Kier alpha value is -2.78. The second kappa shape index (κ2) is 16.8. The highest BCUT2D eigenvalue weighted by Gasteiger charge is 2.21. The molecule has 36 heavy (non-hydrogen) atoms. The molecule has 0 aromatic heterocycles. The van der Waals surface area contributed by atoms with Crippen LogP contribution in [-0.4, -0.2) is 86.5 Å². The minimum atomic E-state index is -0.662. The van der Waals surface area contributed by atoms with Crippen LogP contribution in [0.1, 0.15) is 77.0 Å². The number of esters is 2. The van der Waals surface area contributed by atoms with Gasteiger partial charge in [0, 0.05) is 39.3 Å². The van der Waals surface area contributed by atoms with E-state index in [1.165, 1.54) is 22.6 Å². The third-order valence-corrected chi connectivity index (χ3v) is 6.38. The van der Waals surface area contributed by atoms with E-state index in [1.807, 2.05) is 0 Å². The highest BCUT2D eigenvalue weighted by atomic mass is 16.6. The number of hydrogen-bond donors (Lipinski definition) is 0. The van der Waals surface area contributed by atoms with Gasteiger partial charge in [-0.05, 0) is 64.2 Å². The lowest BCUT2D eigenvalue weighted by atomic mass is 9.98. The molecule has 2 rings (SSSR count). The molecule has 204 valence electrons. The van der Waals surface area contributed by atoms with Crippen molar-refractivity contribution in [1.29, 1.82) is 0 Å². The number of carbonyl (C=O) groups excluding carboxylic acids is 4. The van der Waals surface area contributed by atoms with Gasteiger partial charge in [-0.15, -0.1) is 0 Å². The molecule has 0 spiro atoms. The first-order valence-corrected chi connectivity index (χ1v) is 13.2. The fraction of sp³-hybridized carbons (Fsp3) is 0.769. The van der Waals surface area contributed by atoms with E-state index in [9.17, 15) is 19.2 Å². The molecule has 2 fully saturated rings. The van der Waals surface area contributed by atoms with Crippen LogP contribution in [0.25, 0.3) is 0 Å². The molecular formula is C26H42N2O8. The summed E-state index contributed by atoms with van der Waals surface area (Å²) in [4.78, 5) is 50.7. The second-order valence-corrected chi connectivity index (χ2v) is 9.51. The molecule has 2 saturated carbocycles. The number of nitrogens with zero attached hydrogens (tertiary/aromatic N) is 2. The van der Waals surface area contributed by atoms with Crippen LogP contribution in [0.3, 0.4) is 0 Å². The quantitative estimate of drug-likeness (QED) is 0.166. The Labute approximate surface area is 214 Å². The first-order valence-electron chi connectivity index (χ1n) is 13.2. The van der Waals surface area contributed by atoms with Crippen molar-refractivity contribution < 1.29 is 38.1 Å². The van der Waals surface area contributed by atoms with Gasteiger partial charge in [-0.25, -0.2) is 19.2 Å². The molecule has 0 saturated heterocycles. The van der Waals surface area contributed by atoms with Gasteiger partial charge in [-0.2, -0.15) is 0 Å². The van der Waals surface area contributed by atoms with Gasteiger partial charge >= 0.3 is 24.1 Å². The van der Waals surface area contributed by atoms with Crippen molar-refractivity contribution in [1.82, 2.24) is 9.80 Å². The summed E-state index contributed by atoms with van der Waals surface area (Å²) in [5.41, 5.74) is 0. The Morgan fingerprint density at radius 2 is 1.00 bits per heavy atom. The largest absolute Gasteiger partial charge is 0.462 e.